The Morgan fingerprint density at radius 3 is 2.54 bits per heavy atom. The molecule has 2 rings (SSSR count). The Morgan fingerprint density at radius 2 is 2.00 bits per heavy atom. The number of carbonyl (C=O) groups is 2. The van der Waals surface area contributed by atoms with E-state index in [0.29, 0.717) is 6.42 Å². The second-order valence-corrected chi connectivity index (χ2v) is 5.83. The number of anilines is 1. The highest BCUT2D eigenvalue weighted by Gasteiger charge is 2.39. The molecule has 9 heteroatoms. The van der Waals surface area contributed by atoms with Crippen molar-refractivity contribution in [3.63, 3.8) is 0 Å². The summed E-state index contributed by atoms with van der Waals surface area (Å²) in [4.78, 5) is 25.3. The van der Waals surface area contributed by atoms with E-state index in [2.05, 4.69) is 10.1 Å². The molecule has 0 aliphatic carbocycles. The van der Waals surface area contributed by atoms with Crippen LogP contribution < -0.4 is 10.2 Å². The number of amides is 2. The highest BCUT2D eigenvalue weighted by Crippen LogP contribution is 2.41. The number of rotatable bonds is 3. The molecular formula is C17H21F3N2O4. The number of nitrogens with zero attached hydrogens (tertiary/aromatic N) is 1. The minimum atomic E-state index is -4.54. The van der Waals surface area contributed by atoms with Gasteiger partial charge >= 0.3 is 18.4 Å². The fourth-order valence-corrected chi connectivity index (χ4v) is 3.06. The van der Waals surface area contributed by atoms with Crippen LogP contribution in [-0.2, 0) is 15.7 Å². The molecule has 1 aliphatic heterocycles. The van der Waals surface area contributed by atoms with Gasteiger partial charge in [0.1, 0.15) is 0 Å². The first-order valence-electron chi connectivity index (χ1n) is 8.24. The quantitative estimate of drug-likeness (QED) is 0.859. The number of hydrogen-bond donors (Lipinski definition) is 1. The summed E-state index contributed by atoms with van der Waals surface area (Å²) in [5.74, 6) is 0. The van der Waals surface area contributed by atoms with E-state index in [1.165, 1.54) is 18.1 Å². The number of alkyl carbamates (subject to hydrolysis) is 1. The van der Waals surface area contributed by atoms with Crippen molar-refractivity contribution >= 4 is 17.9 Å². The molecule has 1 aliphatic rings. The van der Waals surface area contributed by atoms with Crippen LogP contribution >= 0.6 is 0 Å². The Kier molecular flexibility index (Phi) is 5.99. The second-order valence-electron chi connectivity index (χ2n) is 5.83. The monoisotopic (exact) mass is 374 g/mol. The third kappa shape index (κ3) is 4.03. The molecule has 0 fully saturated rings. The number of nitrogens with one attached hydrogen (secondary N) is 1. The maximum absolute atomic E-state index is 13.1. The molecule has 0 saturated heterocycles. The molecule has 0 unspecified atom stereocenters. The van der Waals surface area contributed by atoms with Gasteiger partial charge in [0, 0.05) is 6.04 Å². The third-order valence-electron chi connectivity index (χ3n) is 4.28. The van der Waals surface area contributed by atoms with Crippen LogP contribution in [0.1, 0.15) is 43.9 Å². The molecule has 26 heavy (non-hydrogen) atoms. The summed E-state index contributed by atoms with van der Waals surface area (Å²) in [7, 11) is 1.17. The zero-order valence-electron chi connectivity index (χ0n) is 14.7. The van der Waals surface area contributed by atoms with Gasteiger partial charge in [0.2, 0.25) is 0 Å². The van der Waals surface area contributed by atoms with Crippen molar-refractivity contribution in [2.24, 2.45) is 0 Å². The van der Waals surface area contributed by atoms with Gasteiger partial charge in [-0.15, -0.1) is 0 Å². The van der Waals surface area contributed by atoms with Gasteiger partial charge in [-0.3, -0.25) is 4.90 Å². The Labute approximate surface area is 149 Å². The van der Waals surface area contributed by atoms with Crippen molar-refractivity contribution in [3.8, 4) is 0 Å². The van der Waals surface area contributed by atoms with Crippen molar-refractivity contribution in [2.75, 3.05) is 18.6 Å². The summed E-state index contributed by atoms with van der Waals surface area (Å²) >= 11 is 0. The minimum Gasteiger partial charge on any atom is -0.453 e. The van der Waals surface area contributed by atoms with Crippen LogP contribution in [0.4, 0.5) is 28.4 Å². The molecule has 2 amide bonds. The van der Waals surface area contributed by atoms with E-state index in [-0.39, 0.29) is 30.3 Å². The van der Waals surface area contributed by atoms with Gasteiger partial charge in [-0.05, 0) is 43.5 Å². The van der Waals surface area contributed by atoms with Crippen molar-refractivity contribution in [1.82, 2.24) is 5.32 Å². The molecule has 0 spiro atoms. The number of benzene rings is 1. The molecule has 0 radical (unpaired) electrons. The summed E-state index contributed by atoms with van der Waals surface area (Å²) in [6.07, 6.45) is -5.13. The van der Waals surface area contributed by atoms with E-state index in [0.717, 1.165) is 12.1 Å². The van der Waals surface area contributed by atoms with Crippen molar-refractivity contribution in [2.45, 2.75) is 44.9 Å². The Balaban J connectivity index is 2.55. The first-order valence-corrected chi connectivity index (χ1v) is 8.24. The predicted octanol–water partition coefficient (Wildman–Crippen LogP) is 4.25. The largest absolute Gasteiger partial charge is 0.453 e. The van der Waals surface area contributed by atoms with Crippen molar-refractivity contribution < 1.29 is 32.2 Å². The Bertz CT molecular complexity index is 678. The molecule has 2 atom stereocenters. The van der Waals surface area contributed by atoms with Gasteiger partial charge in [0.15, 0.2) is 0 Å². The number of halogens is 3. The number of methoxy groups -OCH3 is 1. The van der Waals surface area contributed by atoms with Crippen LogP contribution in [0.5, 0.6) is 0 Å². The molecule has 144 valence electrons. The second kappa shape index (κ2) is 7.84. The fraction of sp³-hybridized carbons (Fsp3) is 0.529. The highest BCUT2D eigenvalue weighted by molar-refractivity contribution is 5.90. The average molecular weight is 374 g/mol. The zero-order chi connectivity index (χ0) is 19.5. The molecule has 1 aromatic rings. The van der Waals surface area contributed by atoms with Crippen LogP contribution in [0.3, 0.4) is 0 Å². The zero-order valence-corrected chi connectivity index (χ0v) is 14.7. The molecule has 1 aromatic carbocycles. The minimum absolute atomic E-state index is 0.144. The van der Waals surface area contributed by atoms with Crippen molar-refractivity contribution in [1.29, 1.82) is 0 Å². The summed E-state index contributed by atoms with van der Waals surface area (Å²) in [5, 5.41) is 2.55. The first kappa shape index (κ1) is 19.9. The molecule has 0 saturated carbocycles. The first-order chi connectivity index (χ1) is 12.2. The molecule has 1 heterocycles. The normalized spacial score (nSPS) is 19.5. The maximum Gasteiger partial charge on any atom is 0.416 e. The van der Waals surface area contributed by atoms with E-state index in [1.807, 2.05) is 6.92 Å². The number of alkyl halides is 3. The standard InChI is InChI=1S/C17H21F3N2O4/c1-4-11-9-13(21-15(23)25-3)12-8-10(17(18,19)20)6-7-14(12)22(11)16(24)26-5-2/h6-8,11,13H,4-5,9H2,1-3H3,(H,21,23)/t11-,13+/m1/s1. The SMILES string of the molecule is CCOC(=O)N1c2ccc(C(F)(F)F)cc2[C@@H](NC(=O)OC)C[C@H]1CC. The van der Waals surface area contributed by atoms with Crippen LogP contribution in [0, 0.1) is 0 Å². The van der Waals surface area contributed by atoms with Crippen LogP contribution in [-0.4, -0.2) is 31.9 Å². The van der Waals surface area contributed by atoms with Crippen LogP contribution in [0.2, 0.25) is 0 Å². The lowest BCUT2D eigenvalue weighted by molar-refractivity contribution is -0.137. The maximum atomic E-state index is 13.1. The lowest BCUT2D eigenvalue weighted by Crippen LogP contribution is -2.47. The van der Waals surface area contributed by atoms with E-state index in [9.17, 15) is 22.8 Å². The summed E-state index contributed by atoms with van der Waals surface area (Å²) in [5.41, 5.74) is -0.370. The van der Waals surface area contributed by atoms with Crippen LogP contribution in [0.25, 0.3) is 0 Å². The molecule has 1 N–H and O–H groups in total. The van der Waals surface area contributed by atoms with Gasteiger partial charge in [0.25, 0.3) is 0 Å². The topological polar surface area (TPSA) is 67.9 Å². The highest BCUT2D eigenvalue weighted by atomic mass is 19.4. The van der Waals surface area contributed by atoms with Crippen molar-refractivity contribution in [3.05, 3.63) is 29.3 Å². The summed E-state index contributed by atoms with van der Waals surface area (Å²) < 4.78 is 49.0. The Hall–Kier alpha value is -2.45. The number of hydrogen-bond acceptors (Lipinski definition) is 4. The lowest BCUT2D eigenvalue weighted by atomic mass is 9.89. The fourth-order valence-electron chi connectivity index (χ4n) is 3.06. The van der Waals surface area contributed by atoms with Gasteiger partial charge in [-0.2, -0.15) is 13.2 Å². The van der Waals surface area contributed by atoms with E-state index >= 15 is 0 Å². The Morgan fingerprint density at radius 1 is 1.31 bits per heavy atom. The molecular weight excluding hydrogens is 353 g/mol. The van der Waals surface area contributed by atoms with Gasteiger partial charge in [0.05, 0.1) is 31.0 Å². The average Bonchev–Trinajstić information content (AvgIpc) is 2.60. The lowest BCUT2D eigenvalue weighted by Gasteiger charge is -2.40. The van der Waals surface area contributed by atoms with E-state index in [1.54, 1.807) is 6.92 Å². The van der Waals surface area contributed by atoms with E-state index in [4.69, 9.17) is 4.74 Å². The smallest absolute Gasteiger partial charge is 0.416 e. The number of ether oxygens (including phenoxy) is 2. The molecule has 0 bridgehead atoms. The van der Waals surface area contributed by atoms with Gasteiger partial charge < -0.3 is 14.8 Å². The third-order valence-corrected chi connectivity index (χ3v) is 4.28. The summed E-state index contributed by atoms with van der Waals surface area (Å²) in [6, 6.07) is 2.06. The van der Waals surface area contributed by atoms with E-state index < -0.39 is 30.0 Å². The molecule has 6 nitrogen and oxygen atoms in total. The van der Waals surface area contributed by atoms with Gasteiger partial charge in [-0.1, -0.05) is 6.92 Å². The number of carbonyl (C=O) groups excluding carboxylic acids is 2. The van der Waals surface area contributed by atoms with Crippen LogP contribution in [0.15, 0.2) is 18.2 Å². The predicted molar refractivity (Wildman–Crippen MR) is 87.9 cm³/mol. The molecule has 0 aromatic heterocycles. The summed E-state index contributed by atoms with van der Waals surface area (Å²) in [6.45, 7) is 3.64. The number of fused-ring (bicyclic) bond motifs is 1. The van der Waals surface area contributed by atoms with Gasteiger partial charge in [-0.25, -0.2) is 9.59 Å².